The summed E-state index contributed by atoms with van der Waals surface area (Å²) in [7, 11) is 0. The number of hydrogen-bond acceptors (Lipinski definition) is 2. The third-order valence-electron chi connectivity index (χ3n) is 0.963. The zero-order valence-electron chi connectivity index (χ0n) is 5.01. The highest BCUT2D eigenvalue weighted by Crippen LogP contribution is 1.96. The van der Waals surface area contributed by atoms with Gasteiger partial charge in [0.05, 0.1) is 5.03 Å². The number of aryl methyl sites for hydroxylation is 1. The van der Waals surface area contributed by atoms with Gasteiger partial charge in [-0.15, -0.1) is 12.6 Å². The molecule has 0 atom stereocenters. The Labute approximate surface area is 58.3 Å². The van der Waals surface area contributed by atoms with Crippen molar-refractivity contribution >= 4 is 12.6 Å². The summed E-state index contributed by atoms with van der Waals surface area (Å²) in [5.74, 6) is 0. The van der Waals surface area contributed by atoms with Gasteiger partial charge >= 0.3 is 0 Å². The summed E-state index contributed by atoms with van der Waals surface area (Å²) in [5, 5.41) is 0.611. The van der Waals surface area contributed by atoms with Crippen molar-refractivity contribution in [1.82, 2.24) is 4.98 Å². The molecule has 1 heterocycles. The van der Waals surface area contributed by atoms with Crippen molar-refractivity contribution in [1.29, 1.82) is 0 Å². The Morgan fingerprint density at radius 2 is 2.22 bits per heavy atom. The first-order chi connectivity index (χ1) is 4.18. The molecule has 0 fully saturated rings. The molecule has 0 aromatic carbocycles. The van der Waals surface area contributed by atoms with Crippen molar-refractivity contribution in [3.8, 4) is 0 Å². The van der Waals surface area contributed by atoms with Crippen LogP contribution in [-0.2, 0) is 0 Å². The molecule has 48 valence electrons. The van der Waals surface area contributed by atoms with Gasteiger partial charge < -0.3 is 4.98 Å². The molecular formula is C6H7NOS. The second-order valence-corrected chi connectivity index (χ2v) is 2.37. The van der Waals surface area contributed by atoms with Crippen molar-refractivity contribution in [3.05, 3.63) is 28.0 Å². The molecule has 1 aromatic heterocycles. The largest absolute Gasteiger partial charge is 0.354 e. The lowest BCUT2D eigenvalue weighted by Crippen LogP contribution is -1.99. The van der Waals surface area contributed by atoms with Gasteiger partial charge in [-0.2, -0.15) is 0 Å². The Kier molecular flexibility index (Phi) is 1.62. The van der Waals surface area contributed by atoms with Crippen LogP contribution in [0.2, 0.25) is 0 Å². The molecule has 0 saturated carbocycles. The lowest BCUT2D eigenvalue weighted by atomic mass is 10.4. The van der Waals surface area contributed by atoms with Crippen molar-refractivity contribution in [3.63, 3.8) is 0 Å². The summed E-state index contributed by atoms with van der Waals surface area (Å²) in [5.41, 5.74) is 0.837. The van der Waals surface area contributed by atoms with Gasteiger partial charge in [0.1, 0.15) is 0 Å². The maximum absolute atomic E-state index is 10.6. The number of nitrogens with one attached hydrogen (secondary N) is 1. The number of thiol groups is 1. The van der Waals surface area contributed by atoms with Crippen LogP contribution in [-0.4, -0.2) is 4.98 Å². The first-order valence-corrected chi connectivity index (χ1v) is 3.03. The van der Waals surface area contributed by atoms with E-state index in [1.165, 1.54) is 12.1 Å². The predicted octanol–water partition coefficient (Wildman–Crippen LogP) is 0.972. The molecule has 0 aliphatic carbocycles. The highest BCUT2D eigenvalue weighted by Gasteiger charge is 1.87. The van der Waals surface area contributed by atoms with Crippen LogP contribution in [0.15, 0.2) is 22.0 Å². The van der Waals surface area contributed by atoms with Gasteiger partial charge in [0, 0.05) is 17.8 Å². The van der Waals surface area contributed by atoms with Crippen LogP contribution in [0.5, 0.6) is 0 Å². The number of H-pyrrole nitrogens is 1. The first kappa shape index (κ1) is 6.42. The van der Waals surface area contributed by atoms with Crippen molar-refractivity contribution in [2.45, 2.75) is 11.9 Å². The first-order valence-electron chi connectivity index (χ1n) is 2.58. The van der Waals surface area contributed by atoms with Crippen LogP contribution in [0.25, 0.3) is 0 Å². The molecule has 9 heavy (non-hydrogen) atoms. The van der Waals surface area contributed by atoms with Crippen LogP contribution < -0.4 is 5.43 Å². The van der Waals surface area contributed by atoms with E-state index in [4.69, 9.17) is 0 Å². The normalized spacial score (nSPS) is 9.56. The Morgan fingerprint density at radius 3 is 2.67 bits per heavy atom. The fraction of sp³-hybridized carbons (Fsp3) is 0.167. The van der Waals surface area contributed by atoms with Gasteiger partial charge in [-0.25, -0.2) is 0 Å². The van der Waals surface area contributed by atoms with E-state index in [1.807, 2.05) is 6.92 Å². The second-order valence-electron chi connectivity index (χ2n) is 1.88. The molecule has 0 radical (unpaired) electrons. The van der Waals surface area contributed by atoms with Gasteiger partial charge in [0.15, 0.2) is 5.43 Å². The predicted molar refractivity (Wildman–Crippen MR) is 39.1 cm³/mol. The maximum Gasteiger partial charge on any atom is 0.182 e. The quantitative estimate of drug-likeness (QED) is 0.518. The van der Waals surface area contributed by atoms with Gasteiger partial charge in [0.2, 0.25) is 0 Å². The van der Waals surface area contributed by atoms with E-state index in [9.17, 15) is 4.79 Å². The van der Waals surface area contributed by atoms with Gasteiger partial charge in [-0.3, -0.25) is 4.79 Å². The molecule has 1 aromatic rings. The number of aromatic nitrogens is 1. The Morgan fingerprint density at radius 1 is 1.56 bits per heavy atom. The molecule has 0 aliphatic heterocycles. The Hall–Kier alpha value is -0.700. The Bertz CT molecular complexity index is 243. The minimum Gasteiger partial charge on any atom is -0.354 e. The summed E-state index contributed by atoms with van der Waals surface area (Å²) in [6.45, 7) is 1.82. The highest BCUT2D eigenvalue weighted by molar-refractivity contribution is 7.80. The summed E-state index contributed by atoms with van der Waals surface area (Å²) in [4.78, 5) is 13.5. The fourth-order valence-electron chi connectivity index (χ4n) is 0.664. The van der Waals surface area contributed by atoms with Gasteiger partial charge in [-0.05, 0) is 6.92 Å². The number of hydrogen-bond donors (Lipinski definition) is 2. The second kappa shape index (κ2) is 2.27. The summed E-state index contributed by atoms with van der Waals surface area (Å²) < 4.78 is 0. The van der Waals surface area contributed by atoms with Gasteiger partial charge in [0.25, 0.3) is 0 Å². The topological polar surface area (TPSA) is 32.9 Å². The lowest BCUT2D eigenvalue weighted by Gasteiger charge is -1.91. The van der Waals surface area contributed by atoms with Crippen LogP contribution >= 0.6 is 12.6 Å². The lowest BCUT2D eigenvalue weighted by molar-refractivity contribution is 1.06. The fourth-order valence-corrected chi connectivity index (χ4v) is 0.968. The summed E-state index contributed by atoms with van der Waals surface area (Å²) in [6, 6.07) is 2.97. The van der Waals surface area contributed by atoms with Crippen LogP contribution in [0.1, 0.15) is 5.69 Å². The molecule has 0 saturated heterocycles. The van der Waals surface area contributed by atoms with E-state index >= 15 is 0 Å². The molecule has 0 aliphatic rings. The molecule has 0 unspecified atom stereocenters. The monoisotopic (exact) mass is 141 g/mol. The van der Waals surface area contributed by atoms with Crippen LogP contribution in [0.4, 0.5) is 0 Å². The number of pyridine rings is 1. The van der Waals surface area contributed by atoms with Crippen molar-refractivity contribution < 1.29 is 0 Å². The summed E-state index contributed by atoms with van der Waals surface area (Å²) >= 11 is 3.97. The standard InChI is InChI=1S/C6H7NOS/c1-4-2-5(8)3-6(9)7-4/h2-3H,1H3,(H2,7,8,9). The van der Waals surface area contributed by atoms with E-state index in [1.54, 1.807) is 0 Å². The molecule has 0 spiro atoms. The molecule has 0 amide bonds. The van der Waals surface area contributed by atoms with E-state index < -0.39 is 0 Å². The highest BCUT2D eigenvalue weighted by atomic mass is 32.1. The van der Waals surface area contributed by atoms with E-state index in [-0.39, 0.29) is 5.43 Å². The molecular weight excluding hydrogens is 134 g/mol. The van der Waals surface area contributed by atoms with E-state index in [0.29, 0.717) is 5.03 Å². The van der Waals surface area contributed by atoms with E-state index in [2.05, 4.69) is 17.6 Å². The third-order valence-corrected chi connectivity index (χ3v) is 1.20. The average Bonchev–Trinajstić information content (AvgIpc) is 1.59. The molecule has 2 nitrogen and oxygen atoms in total. The van der Waals surface area contributed by atoms with E-state index in [0.717, 1.165) is 5.69 Å². The summed E-state index contributed by atoms with van der Waals surface area (Å²) in [6.07, 6.45) is 0. The van der Waals surface area contributed by atoms with Crippen LogP contribution in [0, 0.1) is 6.92 Å². The Balaban J connectivity index is 3.33. The molecule has 1 N–H and O–H groups in total. The maximum atomic E-state index is 10.6. The number of rotatable bonds is 0. The van der Waals surface area contributed by atoms with Crippen LogP contribution in [0.3, 0.4) is 0 Å². The van der Waals surface area contributed by atoms with Crippen molar-refractivity contribution in [2.75, 3.05) is 0 Å². The zero-order valence-corrected chi connectivity index (χ0v) is 5.90. The molecule has 0 bridgehead atoms. The SMILES string of the molecule is Cc1cc(=O)cc(S)[nH]1. The van der Waals surface area contributed by atoms with Gasteiger partial charge in [-0.1, -0.05) is 0 Å². The van der Waals surface area contributed by atoms with Crippen molar-refractivity contribution in [2.24, 2.45) is 0 Å². The number of aromatic amines is 1. The molecule has 3 heteroatoms. The smallest absolute Gasteiger partial charge is 0.182 e. The third kappa shape index (κ3) is 1.61. The zero-order chi connectivity index (χ0) is 6.85. The average molecular weight is 141 g/mol. The minimum absolute atomic E-state index is 0.00347. The molecule has 1 rings (SSSR count). The minimum atomic E-state index is -0.00347.